The first-order valence-electron chi connectivity index (χ1n) is 9.16. The van der Waals surface area contributed by atoms with E-state index in [4.69, 9.17) is 4.98 Å². The normalized spacial score (nSPS) is 35.4. The Morgan fingerprint density at radius 3 is 2.39 bits per heavy atom. The summed E-state index contributed by atoms with van der Waals surface area (Å²) in [6.45, 7) is 0. The molecular formula is C21H22N2. The van der Waals surface area contributed by atoms with Crippen LogP contribution in [0.15, 0.2) is 42.7 Å². The van der Waals surface area contributed by atoms with Crippen molar-refractivity contribution in [2.75, 3.05) is 0 Å². The van der Waals surface area contributed by atoms with Crippen LogP contribution in [0.1, 0.15) is 44.2 Å². The van der Waals surface area contributed by atoms with Gasteiger partial charge in [0.15, 0.2) is 0 Å². The largest absolute Gasteiger partial charge is 0.303 e. The first-order chi connectivity index (χ1) is 11.3. The van der Waals surface area contributed by atoms with Crippen LogP contribution in [0.2, 0.25) is 0 Å². The molecule has 4 fully saturated rings. The van der Waals surface area contributed by atoms with Crippen LogP contribution in [0.25, 0.3) is 16.4 Å². The maximum atomic E-state index is 4.70. The van der Waals surface area contributed by atoms with Crippen molar-refractivity contribution < 1.29 is 0 Å². The summed E-state index contributed by atoms with van der Waals surface area (Å²) in [5.74, 6) is 2.93. The molecule has 0 unspecified atom stereocenters. The number of hydrogen-bond acceptors (Lipinski definition) is 1. The van der Waals surface area contributed by atoms with E-state index in [1.807, 2.05) is 6.20 Å². The lowest BCUT2D eigenvalue weighted by atomic mass is 9.48. The van der Waals surface area contributed by atoms with Crippen molar-refractivity contribution in [2.24, 2.45) is 17.8 Å². The summed E-state index contributed by atoms with van der Waals surface area (Å²) >= 11 is 0. The zero-order valence-electron chi connectivity index (χ0n) is 13.4. The fourth-order valence-corrected chi connectivity index (χ4v) is 6.57. The minimum Gasteiger partial charge on any atom is -0.303 e. The average molecular weight is 302 g/mol. The molecule has 0 saturated heterocycles. The van der Waals surface area contributed by atoms with Crippen LogP contribution < -0.4 is 0 Å². The molecule has 4 aliphatic carbocycles. The average Bonchev–Trinajstić information content (AvgIpc) is 3.02. The van der Waals surface area contributed by atoms with E-state index in [9.17, 15) is 0 Å². The highest BCUT2D eigenvalue weighted by atomic mass is 15.0. The summed E-state index contributed by atoms with van der Waals surface area (Å²) in [4.78, 5) is 4.70. The predicted octanol–water partition coefficient (Wildman–Crippen LogP) is 4.96. The zero-order chi connectivity index (χ0) is 15.0. The minimum absolute atomic E-state index is 0.414. The molecule has 7 rings (SSSR count). The van der Waals surface area contributed by atoms with E-state index in [1.165, 1.54) is 49.3 Å². The van der Waals surface area contributed by atoms with E-state index < -0.39 is 0 Å². The van der Waals surface area contributed by atoms with Crippen LogP contribution in [0.5, 0.6) is 0 Å². The highest BCUT2D eigenvalue weighted by Crippen LogP contribution is 2.60. The van der Waals surface area contributed by atoms with Gasteiger partial charge in [-0.05, 0) is 67.7 Å². The van der Waals surface area contributed by atoms with Gasteiger partial charge in [-0.2, -0.15) is 0 Å². The molecular weight excluding hydrogens is 280 g/mol. The molecule has 0 aliphatic heterocycles. The Kier molecular flexibility index (Phi) is 2.28. The quantitative estimate of drug-likeness (QED) is 0.621. The highest BCUT2D eigenvalue weighted by Gasteiger charge is 2.52. The van der Waals surface area contributed by atoms with Gasteiger partial charge in [0.1, 0.15) is 5.65 Å². The number of fused-ring (bicyclic) bond motifs is 3. The van der Waals surface area contributed by atoms with Gasteiger partial charge in [-0.25, -0.2) is 4.98 Å². The number of benzene rings is 1. The van der Waals surface area contributed by atoms with E-state index in [-0.39, 0.29) is 0 Å². The summed E-state index contributed by atoms with van der Waals surface area (Å²) in [6.07, 6.45) is 12.9. The van der Waals surface area contributed by atoms with Crippen LogP contribution in [0.3, 0.4) is 0 Å². The van der Waals surface area contributed by atoms with Gasteiger partial charge in [-0.3, -0.25) is 0 Å². The Bertz CT molecular complexity index is 885. The van der Waals surface area contributed by atoms with Crippen LogP contribution in [-0.4, -0.2) is 9.38 Å². The van der Waals surface area contributed by atoms with E-state index >= 15 is 0 Å². The Balaban J connectivity index is 1.65. The summed E-state index contributed by atoms with van der Waals surface area (Å²) < 4.78 is 2.41. The third kappa shape index (κ3) is 1.62. The van der Waals surface area contributed by atoms with Crippen molar-refractivity contribution in [3.8, 4) is 0 Å². The van der Waals surface area contributed by atoms with Crippen molar-refractivity contribution in [1.82, 2.24) is 9.38 Å². The summed E-state index contributed by atoms with van der Waals surface area (Å²) in [5.41, 5.74) is 3.11. The second-order valence-corrected chi connectivity index (χ2v) is 8.44. The maximum Gasteiger partial charge on any atom is 0.144 e. The predicted molar refractivity (Wildman–Crippen MR) is 92.5 cm³/mol. The molecule has 2 nitrogen and oxygen atoms in total. The van der Waals surface area contributed by atoms with E-state index in [0.29, 0.717) is 5.41 Å². The molecule has 23 heavy (non-hydrogen) atoms. The summed E-state index contributed by atoms with van der Waals surface area (Å²) in [7, 11) is 0. The van der Waals surface area contributed by atoms with Gasteiger partial charge in [0, 0.05) is 28.9 Å². The zero-order valence-corrected chi connectivity index (χ0v) is 13.4. The smallest absolute Gasteiger partial charge is 0.144 e. The van der Waals surface area contributed by atoms with Crippen molar-refractivity contribution in [3.63, 3.8) is 0 Å². The number of hydrogen-bond donors (Lipinski definition) is 0. The van der Waals surface area contributed by atoms with Crippen LogP contribution >= 0.6 is 0 Å². The minimum atomic E-state index is 0.414. The highest BCUT2D eigenvalue weighted by molar-refractivity contribution is 5.94. The molecule has 4 bridgehead atoms. The number of aromatic nitrogens is 2. The Hall–Kier alpha value is -1.83. The van der Waals surface area contributed by atoms with E-state index in [2.05, 4.69) is 40.9 Å². The summed E-state index contributed by atoms with van der Waals surface area (Å²) in [5, 5.41) is 2.64. The number of rotatable bonds is 1. The van der Waals surface area contributed by atoms with Gasteiger partial charge in [-0.15, -0.1) is 0 Å². The Morgan fingerprint density at radius 1 is 0.957 bits per heavy atom. The van der Waals surface area contributed by atoms with Gasteiger partial charge >= 0.3 is 0 Å². The number of imidazole rings is 1. The van der Waals surface area contributed by atoms with Crippen LogP contribution in [-0.2, 0) is 5.41 Å². The van der Waals surface area contributed by atoms with Crippen molar-refractivity contribution >= 4 is 16.4 Å². The van der Waals surface area contributed by atoms with E-state index in [1.54, 1.807) is 5.69 Å². The van der Waals surface area contributed by atoms with Gasteiger partial charge in [0.2, 0.25) is 0 Å². The lowest BCUT2D eigenvalue weighted by Crippen LogP contribution is -2.49. The molecule has 0 amide bonds. The third-order valence-electron chi connectivity index (χ3n) is 6.98. The first-order valence-corrected chi connectivity index (χ1v) is 9.16. The molecule has 4 aliphatic rings. The van der Waals surface area contributed by atoms with Gasteiger partial charge < -0.3 is 4.40 Å². The van der Waals surface area contributed by atoms with Crippen LogP contribution in [0, 0.1) is 17.8 Å². The maximum absolute atomic E-state index is 4.70. The summed E-state index contributed by atoms with van der Waals surface area (Å²) in [6, 6.07) is 11.2. The van der Waals surface area contributed by atoms with Crippen LogP contribution in [0.4, 0.5) is 0 Å². The van der Waals surface area contributed by atoms with Crippen molar-refractivity contribution in [3.05, 3.63) is 48.4 Å². The molecule has 2 aromatic heterocycles. The second-order valence-electron chi connectivity index (χ2n) is 8.44. The molecule has 1 aromatic carbocycles. The Labute approximate surface area is 136 Å². The van der Waals surface area contributed by atoms with Gasteiger partial charge in [0.05, 0.1) is 0 Å². The molecule has 0 atom stereocenters. The monoisotopic (exact) mass is 302 g/mol. The molecule has 3 aromatic rings. The number of pyridine rings is 1. The number of nitrogens with zero attached hydrogens (tertiary/aromatic N) is 2. The third-order valence-corrected chi connectivity index (χ3v) is 6.98. The van der Waals surface area contributed by atoms with Crippen molar-refractivity contribution in [2.45, 2.75) is 43.9 Å². The van der Waals surface area contributed by atoms with E-state index in [0.717, 1.165) is 23.4 Å². The fraction of sp³-hybridized carbons (Fsp3) is 0.476. The molecule has 2 heterocycles. The Morgan fingerprint density at radius 2 is 1.65 bits per heavy atom. The molecule has 0 radical (unpaired) electrons. The molecule has 0 N–H and O–H groups in total. The molecule has 4 saturated carbocycles. The standard InChI is InChI=1S/C21H22N2/c1-2-4-18-17(3-1)10-19(23-6-5-22-20(18)23)21-11-14-7-15(12-21)9-16(8-14)13-21/h1-6,10,14-16H,7-9,11-13H2. The lowest BCUT2D eigenvalue weighted by Gasteiger charge is -2.57. The fourth-order valence-electron chi connectivity index (χ4n) is 6.57. The first kappa shape index (κ1) is 12.6. The molecule has 116 valence electrons. The SMILES string of the molecule is c1ccc2c(c1)cc(C13CC4CC(CC(C4)C1)C3)n1ccnc21. The second kappa shape index (κ2) is 4.17. The topological polar surface area (TPSA) is 17.3 Å². The van der Waals surface area contributed by atoms with Crippen molar-refractivity contribution in [1.29, 1.82) is 0 Å². The molecule has 0 spiro atoms. The lowest BCUT2D eigenvalue weighted by molar-refractivity contribution is -0.00763. The van der Waals surface area contributed by atoms with Gasteiger partial charge in [-0.1, -0.05) is 24.3 Å². The van der Waals surface area contributed by atoms with Gasteiger partial charge in [0.25, 0.3) is 0 Å². The molecule has 2 heteroatoms.